The molecule has 0 aliphatic carbocycles. The van der Waals surface area contributed by atoms with Crippen LogP contribution in [0.5, 0.6) is 11.5 Å². The molecule has 0 radical (unpaired) electrons. The standard InChI is InChI=1S/C27H20BrN3O5S/c1-31-25(32)24(37-27(31)30-20-9-5-8-16(10-20)26(33)34)12-19-11-22(35-2)23(13-21(19)28)36-15-18-7-4-3-6-17(18)14-29/h3-13H,15H2,1-2H3,(H,33,34)/b24-12-,30-27?. The van der Waals surface area contributed by atoms with Gasteiger partial charge >= 0.3 is 5.97 Å². The molecule has 1 N–H and O–H groups in total. The second-order valence-corrected chi connectivity index (χ2v) is 9.67. The molecule has 37 heavy (non-hydrogen) atoms. The number of aromatic carboxylic acids is 1. The fourth-order valence-corrected chi connectivity index (χ4v) is 4.87. The third-order valence-corrected chi connectivity index (χ3v) is 7.16. The van der Waals surface area contributed by atoms with Crippen molar-refractivity contribution >= 4 is 56.5 Å². The molecule has 1 saturated heterocycles. The molecule has 0 aromatic heterocycles. The van der Waals surface area contributed by atoms with Crippen molar-refractivity contribution in [1.29, 1.82) is 5.26 Å². The van der Waals surface area contributed by atoms with E-state index in [0.29, 0.717) is 42.9 Å². The Kier molecular flexibility index (Phi) is 7.96. The highest BCUT2D eigenvalue weighted by Gasteiger charge is 2.30. The van der Waals surface area contributed by atoms with E-state index in [-0.39, 0.29) is 18.1 Å². The van der Waals surface area contributed by atoms with E-state index in [4.69, 9.17) is 9.47 Å². The van der Waals surface area contributed by atoms with Gasteiger partial charge in [0, 0.05) is 17.1 Å². The van der Waals surface area contributed by atoms with Gasteiger partial charge in [0.15, 0.2) is 16.7 Å². The quantitative estimate of drug-likeness (QED) is 0.351. The van der Waals surface area contributed by atoms with Crippen LogP contribution in [0.3, 0.4) is 0 Å². The van der Waals surface area contributed by atoms with Crippen LogP contribution >= 0.6 is 27.7 Å². The Balaban J connectivity index is 1.59. The number of benzene rings is 3. The van der Waals surface area contributed by atoms with Gasteiger partial charge in [0.1, 0.15) is 6.61 Å². The Hall–Kier alpha value is -4.07. The Morgan fingerprint density at radius 1 is 1.19 bits per heavy atom. The number of ether oxygens (including phenoxy) is 2. The van der Waals surface area contributed by atoms with Crippen molar-refractivity contribution in [1.82, 2.24) is 4.90 Å². The van der Waals surface area contributed by atoms with Crippen LogP contribution in [-0.2, 0) is 11.4 Å². The Bertz CT molecular complexity index is 1500. The first-order chi connectivity index (χ1) is 17.8. The number of carbonyl (C=O) groups is 2. The lowest BCUT2D eigenvalue weighted by atomic mass is 10.1. The minimum Gasteiger partial charge on any atom is -0.493 e. The van der Waals surface area contributed by atoms with Crippen LogP contribution < -0.4 is 9.47 Å². The summed E-state index contributed by atoms with van der Waals surface area (Å²) in [7, 11) is 3.14. The normalized spacial score (nSPS) is 15.2. The monoisotopic (exact) mass is 577 g/mol. The number of nitrogens with zero attached hydrogens (tertiary/aromatic N) is 3. The first-order valence-electron chi connectivity index (χ1n) is 10.9. The zero-order chi connectivity index (χ0) is 26.5. The summed E-state index contributed by atoms with van der Waals surface area (Å²) >= 11 is 4.73. The Morgan fingerprint density at radius 3 is 2.70 bits per heavy atom. The molecule has 1 aliphatic heterocycles. The average Bonchev–Trinajstić information content (AvgIpc) is 3.16. The molecule has 4 rings (SSSR count). The lowest BCUT2D eigenvalue weighted by Crippen LogP contribution is -2.23. The topological polar surface area (TPSA) is 112 Å². The number of amidine groups is 1. The van der Waals surface area contributed by atoms with E-state index in [1.165, 1.54) is 35.9 Å². The van der Waals surface area contributed by atoms with E-state index in [1.54, 1.807) is 49.5 Å². The average molecular weight is 578 g/mol. The van der Waals surface area contributed by atoms with Gasteiger partial charge in [0.05, 0.1) is 34.9 Å². The van der Waals surface area contributed by atoms with E-state index < -0.39 is 5.97 Å². The summed E-state index contributed by atoms with van der Waals surface area (Å²) in [6.07, 6.45) is 1.72. The fourth-order valence-electron chi connectivity index (χ4n) is 3.46. The van der Waals surface area contributed by atoms with Crippen LogP contribution in [0.1, 0.15) is 27.0 Å². The molecule has 3 aromatic carbocycles. The lowest BCUT2D eigenvalue weighted by Gasteiger charge is -2.13. The predicted molar refractivity (Wildman–Crippen MR) is 145 cm³/mol. The number of nitriles is 1. The van der Waals surface area contributed by atoms with Gasteiger partial charge in [-0.2, -0.15) is 5.26 Å². The number of aliphatic imine (C=N–C) groups is 1. The minimum absolute atomic E-state index is 0.115. The van der Waals surface area contributed by atoms with Gasteiger partial charge in [0.2, 0.25) is 0 Å². The number of carbonyl (C=O) groups excluding carboxylic acids is 1. The van der Waals surface area contributed by atoms with Crippen molar-refractivity contribution in [3.8, 4) is 17.6 Å². The molecule has 1 aliphatic rings. The van der Waals surface area contributed by atoms with Gasteiger partial charge in [-0.05, 0) is 59.8 Å². The van der Waals surface area contributed by atoms with Crippen LogP contribution in [0.25, 0.3) is 6.08 Å². The lowest BCUT2D eigenvalue weighted by molar-refractivity contribution is -0.121. The highest BCUT2D eigenvalue weighted by molar-refractivity contribution is 9.10. The van der Waals surface area contributed by atoms with Crippen molar-refractivity contribution in [3.63, 3.8) is 0 Å². The van der Waals surface area contributed by atoms with Gasteiger partial charge in [-0.15, -0.1) is 0 Å². The molecule has 0 spiro atoms. The van der Waals surface area contributed by atoms with E-state index in [2.05, 4.69) is 27.0 Å². The van der Waals surface area contributed by atoms with Gasteiger partial charge < -0.3 is 14.6 Å². The Morgan fingerprint density at radius 2 is 1.97 bits per heavy atom. The maximum absolute atomic E-state index is 12.9. The maximum Gasteiger partial charge on any atom is 0.335 e. The molecule has 0 unspecified atom stereocenters. The number of amides is 1. The molecule has 1 fully saturated rings. The highest BCUT2D eigenvalue weighted by atomic mass is 79.9. The van der Waals surface area contributed by atoms with Crippen molar-refractivity contribution in [2.45, 2.75) is 6.61 Å². The fraction of sp³-hybridized carbons (Fsp3) is 0.111. The molecule has 186 valence electrons. The van der Waals surface area contributed by atoms with Crippen molar-refractivity contribution < 1.29 is 24.2 Å². The van der Waals surface area contributed by atoms with Crippen molar-refractivity contribution in [2.24, 2.45) is 4.99 Å². The number of hydrogen-bond donors (Lipinski definition) is 1. The van der Waals surface area contributed by atoms with Crippen molar-refractivity contribution in [2.75, 3.05) is 14.2 Å². The van der Waals surface area contributed by atoms with Crippen LogP contribution in [-0.4, -0.2) is 41.2 Å². The number of carboxylic acids is 1. The number of halogens is 1. The smallest absolute Gasteiger partial charge is 0.335 e. The van der Waals surface area contributed by atoms with E-state index in [0.717, 1.165) is 5.56 Å². The number of likely N-dealkylation sites (N-methyl/N-ethyl adjacent to an activating group) is 1. The molecule has 1 heterocycles. The number of methoxy groups -OCH3 is 1. The third-order valence-electron chi connectivity index (χ3n) is 5.41. The van der Waals surface area contributed by atoms with E-state index in [1.807, 2.05) is 12.1 Å². The first kappa shape index (κ1) is 26.0. The molecule has 3 aromatic rings. The predicted octanol–water partition coefficient (Wildman–Crippen LogP) is 5.84. The zero-order valence-electron chi connectivity index (χ0n) is 19.8. The molecule has 10 heteroatoms. The number of hydrogen-bond acceptors (Lipinski definition) is 7. The molecule has 0 saturated carbocycles. The van der Waals surface area contributed by atoms with E-state index in [9.17, 15) is 20.0 Å². The highest BCUT2D eigenvalue weighted by Crippen LogP contribution is 2.38. The largest absolute Gasteiger partial charge is 0.493 e. The minimum atomic E-state index is -1.05. The number of rotatable bonds is 7. The van der Waals surface area contributed by atoms with E-state index >= 15 is 0 Å². The molecule has 0 bridgehead atoms. The van der Waals surface area contributed by atoms with Gasteiger partial charge in [-0.25, -0.2) is 9.79 Å². The summed E-state index contributed by atoms with van der Waals surface area (Å²) in [6.45, 7) is 0.189. The summed E-state index contributed by atoms with van der Waals surface area (Å²) in [6, 6.07) is 19.1. The molecule has 1 amide bonds. The second kappa shape index (κ2) is 11.3. The summed E-state index contributed by atoms with van der Waals surface area (Å²) in [5, 5.41) is 18.9. The van der Waals surface area contributed by atoms with Crippen LogP contribution in [0.4, 0.5) is 5.69 Å². The van der Waals surface area contributed by atoms with Gasteiger partial charge in [-0.3, -0.25) is 9.69 Å². The number of carboxylic acid groups (broad SMARTS) is 1. The summed E-state index contributed by atoms with van der Waals surface area (Å²) in [5.41, 5.74) is 2.54. The Labute approximate surface area is 226 Å². The molecular weight excluding hydrogens is 558 g/mol. The molecule has 0 atom stereocenters. The van der Waals surface area contributed by atoms with Crippen LogP contribution in [0.15, 0.2) is 75.0 Å². The SMILES string of the molecule is COc1cc(/C=C2\SC(=Nc3cccc(C(=O)O)c3)N(C)C2=O)c(Br)cc1OCc1ccccc1C#N. The van der Waals surface area contributed by atoms with Crippen LogP contribution in [0, 0.1) is 11.3 Å². The first-order valence-corrected chi connectivity index (χ1v) is 12.5. The number of thioether (sulfide) groups is 1. The summed E-state index contributed by atoms with van der Waals surface area (Å²) < 4.78 is 12.1. The maximum atomic E-state index is 12.9. The third kappa shape index (κ3) is 5.85. The zero-order valence-corrected chi connectivity index (χ0v) is 22.2. The van der Waals surface area contributed by atoms with Gasteiger partial charge in [-0.1, -0.05) is 40.2 Å². The van der Waals surface area contributed by atoms with Gasteiger partial charge in [0.25, 0.3) is 5.91 Å². The molecular formula is C27H20BrN3O5S. The summed E-state index contributed by atoms with van der Waals surface area (Å²) in [5.74, 6) is -0.343. The van der Waals surface area contributed by atoms with Crippen molar-refractivity contribution in [3.05, 3.63) is 92.3 Å². The second-order valence-electron chi connectivity index (χ2n) is 7.81. The van der Waals surface area contributed by atoms with Crippen LogP contribution in [0.2, 0.25) is 0 Å². The molecule has 8 nitrogen and oxygen atoms in total. The summed E-state index contributed by atoms with van der Waals surface area (Å²) in [4.78, 5) is 30.5.